The molecule has 14 heavy (non-hydrogen) atoms. The summed E-state index contributed by atoms with van der Waals surface area (Å²) in [5, 5.41) is 2.68. The lowest BCUT2D eigenvalue weighted by atomic mass is 10.2. The second-order valence-corrected chi connectivity index (χ2v) is 3.04. The summed E-state index contributed by atoms with van der Waals surface area (Å²) in [6.07, 6.45) is 0. The summed E-state index contributed by atoms with van der Waals surface area (Å²) >= 11 is 5.76. The summed E-state index contributed by atoms with van der Waals surface area (Å²) in [6, 6.07) is 6.57. The van der Waals surface area contributed by atoms with Crippen LogP contribution in [-0.4, -0.2) is 18.4 Å². The third-order valence-corrected chi connectivity index (χ3v) is 1.87. The summed E-state index contributed by atoms with van der Waals surface area (Å²) in [5.74, 6) is -1.00. The third kappa shape index (κ3) is 2.74. The molecule has 4 nitrogen and oxygen atoms in total. The fourth-order valence-corrected chi connectivity index (χ4v) is 1.13. The molecule has 5 heteroatoms. The van der Waals surface area contributed by atoms with Gasteiger partial charge in [0.1, 0.15) is 0 Å². The normalized spacial score (nSPS) is 9.50. The Kier molecular flexibility index (Phi) is 3.48. The molecule has 0 bridgehead atoms. The Balaban J connectivity index is 2.70. The average Bonchev–Trinajstić information content (AvgIpc) is 2.15. The number of nitrogens with one attached hydrogen (secondary N) is 1. The number of carbonyl (C=O) groups excluding carboxylic acids is 2. The fourth-order valence-electron chi connectivity index (χ4n) is 0.908. The van der Waals surface area contributed by atoms with Gasteiger partial charge in [0.15, 0.2) is 0 Å². The number of hydrogen-bond acceptors (Lipinski definition) is 2. The van der Waals surface area contributed by atoms with E-state index in [2.05, 4.69) is 5.32 Å². The van der Waals surface area contributed by atoms with E-state index in [1.54, 1.807) is 24.3 Å². The minimum atomic E-state index is -0.592. The second-order valence-electron chi connectivity index (χ2n) is 2.63. The van der Waals surface area contributed by atoms with Gasteiger partial charge in [-0.3, -0.25) is 9.59 Å². The minimum Gasteiger partial charge on any atom is -0.368 e. The Morgan fingerprint density at radius 2 is 2.00 bits per heavy atom. The highest BCUT2D eigenvalue weighted by Crippen LogP contribution is 2.14. The van der Waals surface area contributed by atoms with Crippen LogP contribution in [-0.2, 0) is 4.79 Å². The van der Waals surface area contributed by atoms with Crippen LogP contribution in [0.5, 0.6) is 0 Å². The summed E-state index contributed by atoms with van der Waals surface area (Å²) in [5.41, 5.74) is 5.20. The fraction of sp³-hybridized carbons (Fsp3) is 0.111. The van der Waals surface area contributed by atoms with Crippen LogP contribution in [0.1, 0.15) is 10.4 Å². The Hall–Kier alpha value is -1.55. The Morgan fingerprint density at radius 3 is 2.57 bits per heavy atom. The molecule has 0 heterocycles. The van der Waals surface area contributed by atoms with Gasteiger partial charge in [0.05, 0.1) is 17.1 Å². The van der Waals surface area contributed by atoms with Crippen LogP contribution in [0.15, 0.2) is 24.3 Å². The first kappa shape index (κ1) is 10.5. The molecular weight excluding hydrogens is 204 g/mol. The molecule has 74 valence electrons. The van der Waals surface area contributed by atoms with Gasteiger partial charge in [-0.2, -0.15) is 0 Å². The average molecular weight is 213 g/mol. The highest BCUT2D eigenvalue weighted by Gasteiger charge is 2.09. The van der Waals surface area contributed by atoms with Crippen molar-refractivity contribution >= 4 is 23.4 Å². The highest BCUT2D eigenvalue weighted by atomic mass is 35.5. The van der Waals surface area contributed by atoms with Crippen molar-refractivity contribution in [2.75, 3.05) is 6.54 Å². The Bertz CT molecular complexity index is 366. The summed E-state index contributed by atoms with van der Waals surface area (Å²) in [7, 11) is 0. The summed E-state index contributed by atoms with van der Waals surface area (Å²) in [6.45, 7) is -0.190. The van der Waals surface area contributed by atoms with Crippen molar-refractivity contribution in [2.45, 2.75) is 0 Å². The van der Waals surface area contributed by atoms with Crippen LogP contribution in [0.4, 0.5) is 0 Å². The van der Waals surface area contributed by atoms with Gasteiger partial charge in [-0.15, -0.1) is 0 Å². The van der Waals surface area contributed by atoms with E-state index in [1.807, 2.05) is 0 Å². The molecule has 1 aromatic rings. The lowest BCUT2D eigenvalue weighted by molar-refractivity contribution is -0.117. The zero-order valence-electron chi connectivity index (χ0n) is 7.29. The second kappa shape index (κ2) is 4.62. The molecule has 0 atom stereocenters. The maximum Gasteiger partial charge on any atom is 0.253 e. The molecule has 0 saturated heterocycles. The molecule has 0 aliphatic heterocycles. The first-order valence-electron chi connectivity index (χ1n) is 3.92. The Morgan fingerprint density at radius 1 is 1.36 bits per heavy atom. The predicted octanol–water partition coefficient (Wildman–Crippen LogP) is 0.555. The van der Waals surface area contributed by atoms with Crippen LogP contribution < -0.4 is 11.1 Å². The van der Waals surface area contributed by atoms with Crippen molar-refractivity contribution in [3.63, 3.8) is 0 Å². The predicted molar refractivity (Wildman–Crippen MR) is 53.0 cm³/mol. The number of halogens is 1. The van der Waals surface area contributed by atoms with E-state index in [-0.39, 0.29) is 6.54 Å². The van der Waals surface area contributed by atoms with E-state index in [0.29, 0.717) is 10.6 Å². The zero-order chi connectivity index (χ0) is 10.6. The molecule has 1 aromatic carbocycles. The first-order chi connectivity index (χ1) is 6.61. The number of benzene rings is 1. The van der Waals surface area contributed by atoms with Gasteiger partial charge in [-0.1, -0.05) is 23.7 Å². The van der Waals surface area contributed by atoms with Crippen molar-refractivity contribution in [3.05, 3.63) is 34.9 Å². The quantitative estimate of drug-likeness (QED) is 0.768. The van der Waals surface area contributed by atoms with E-state index >= 15 is 0 Å². The van der Waals surface area contributed by atoms with Crippen LogP contribution in [0, 0.1) is 0 Å². The van der Waals surface area contributed by atoms with Gasteiger partial charge in [-0.05, 0) is 12.1 Å². The molecule has 0 saturated carbocycles. The molecule has 0 fully saturated rings. The molecule has 0 unspecified atom stereocenters. The maximum atomic E-state index is 11.4. The molecule has 2 amide bonds. The van der Waals surface area contributed by atoms with Gasteiger partial charge in [0.25, 0.3) is 5.91 Å². The van der Waals surface area contributed by atoms with E-state index in [4.69, 9.17) is 17.3 Å². The van der Waals surface area contributed by atoms with Crippen LogP contribution in [0.3, 0.4) is 0 Å². The Labute approximate surface area is 86.0 Å². The smallest absolute Gasteiger partial charge is 0.253 e. The highest BCUT2D eigenvalue weighted by molar-refractivity contribution is 6.33. The van der Waals surface area contributed by atoms with Crippen molar-refractivity contribution in [2.24, 2.45) is 5.73 Å². The van der Waals surface area contributed by atoms with Crippen LogP contribution in [0.25, 0.3) is 0 Å². The third-order valence-electron chi connectivity index (χ3n) is 1.54. The summed E-state index contributed by atoms with van der Waals surface area (Å²) in [4.78, 5) is 21.8. The van der Waals surface area contributed by atoms with Gasteiger partial charge >= 0.3 is 0 Å². The SMILES string of the molecule is NC(=O)CNC(=O)c1ccccc1Cl. The van der Waals surface area contributed by atoms with Crippen molar-refractivity contribution < 1.29 is 9.59 Å². The minimum absolute atomic E-state index is 0.190. The van der Waals surface area contributed by atoms with E-state index < -0.39 is 11.8 Å². The molecule has 0 spiro atoms. The largest absolute Gasteiger partial charge is 0.368 e. The van der Waals surface area contributed by atoms with Gasteiger partial charge < -0.3 is 11.1 Å². The topological polar surface area (TPSA) is 72.2 Å². The molecule has 3 N–H and O–H groups in total. The first-order valence-corrected chi connectivity index (χ1v) is 4.30. The number of carbonyl (C=O) groups is 2. The number of rotatable bonds is 3. The van der Waals surface area contributed by atoms with Crippen molar-refractivity contribution in [1.82, 2.24) is 5.32 Å². The standard InChI is InChI=1S/C9H9ClN2O2/c10-7-4-2-1-3-6(7)9(14)12-5-8(11)13/h1-4H,5H2,(H2,11,13)(H,12,14). The maximum absolute atomic E-state index is 11.4. The van der Waals surface area contributed by atoms with Crippen LogP contribution >= 0.6 is 11.6 Å². The van der Waals surface area contributed by atoms with E-state index in [9.17, 15) is 9.59 Å². The molecule has 0 aliphatic rings. The molecular formula is C9H9ClN2O2. The molecule has 0 radical (unpaired) electrons. The monoisotopic (exact) mass is 212 g/mol. The van der Waals surface area contributed by atoms with E-state index in [1.165, 1.54) is 0 Å². The van der Waals surface area contributed by atoms with Gasteiger partial charge in [0.2, 0.25) is 5.91 Å². The van der Waals surface area contributed by atoms with Gasteiger partial charge in [0, 0.05) is 0 Å². The number of nitrogens with two attached hydrogens (primary N) is 1. The van der Waals surface area contributed by atoms with Crippen molar-refractivity contribution in [1.29, 1.82) is 0 Å². The number of hydrogen-bond donors (Lipinski definition) is 2. The van der Waals surface area contributed by atoms with Crippen molar-refractivity contribution in [3.8, 4) is 0 Å². The van der Waals surface area contributed by atoms with Crippen LogP contribution in [0.2, 0.25) is 5.02 Å². The summed E-state index contributed by atoms with van der Waals surface area (Å²) < 4.78 is 0. The number of primary amides is 1. The van der Waals surface area contributed by atoms with E-state index in [0.717, 1.165) is 0 Å². The molecule has 0 aliphatic carbocycles. The molecule has 1 rings (SSSR count). The lowest BCUT2D eigenvalue weighted by Gasteiger charge is -2.03. The molecule has 0 aromatic heterocycles. The van der Waals surface area contributed by atoms with Gasteiger partial charge in [-0.25, -0.2) is 0 Å². The number of amides is 2. The lowest BCUT2D eigenvalue weighted by Crippen LogP contribution is -2.33. The zero-order valence-corrected chi connectivity index (χ0v) is 8.04.